The van der Waals surface area contributed by atoms with Crippen molar-refractivity contribution in [2.24, 2.45) is 5.73 Å². The van der Waals surface area contributed by atoms with Crippen LogP contribution < -0.4 is 20.1 Å². The fraction of sp³-hybridized carbons (Fsp3) is 0.286. The molecule has 1 unspecified atom stereocenters. The van der Waals surface area contributed by atoms with Crippen LogP contribution in [-0.2, 0) is 11.3 Å². The Morgan fingerprint density at radius 3 is 2.40 bits per heavy atom. The highest BCUT2D eigenvalue weighted by molar-refractivity contribution is 5.96. The number of amides is 1. The molecule has 9 heteroatoms. The minimum Gasteiger partial charge on any atom is -0.497 e. The van der Waals surface area contributed by atoms with Crippen LogP contribution in [0.3, 0.4) is 0 Å². The van der Waals surface area contributed by atoms with E-state index < -0.39 is 0 Å². The molecule has 8 nitrogen and oxygen atoms in total. The Morgan fingerprint density at radius 2 is 1.80 bits per heavy atom. The van der Waals surface area contributed by atoms with Crippen molar-refractivity contribution in [3.63, 3.8) is 0 Å². The fourth-order valence-corrected chi connectivity index (χ4v) is 3.38. The first-order valence-electron chi connectivity index (χ1n) is 9.27. The summed E-state index contributed by atoms with van der Waals surface area (Å²) in [7, 11) is 3.15. The van der Waals surface area contributed by atoms with E-state index in [1.54, 1.807) is 37.3 Å². The van der Waals surface area contributed by atoms with Crippen LogP contribution in [0.2, 0.25) is 0 Å². The number of nitrogens with two attached hydrogens (primary N) is 1. The summed E-state index contributed by atoms with van der Waals surface area (Å²) in [4.78, 5) is 18.8. The van der Waals surface area contributed by atoms with Gasteiger partial charge in [-0.3, -0.25) is 4.79 Å². The number of carbonyl (C=O) groups is 1. The highest BCUT2D eigenvalue weighted by Crippen LogP contribution is 2.35. The van der Waals surface area contributed by atoms with Crippen LogP contribution in [0.15, 0.2) is 47.0 Å². The molecule has 0 radical (unpaired) electrons. The molecule has 2 N–H and O–H groups in total. The van der Waals surface area contributed by atoms with Gasteiger partial charge in [-0.05, 0) is 5.56 Å². The van der Waals surface area contributed by atoms with Crippen molar-refractivity contribution in [3.8, 4) is 22.9 Å². The number of rotatable bonds is 6. The van der Waals surface area contributed by atoms with Crippen LogP contribution in [0.1, 0.15) is 23.8 Å². The van der Waals surface area contributed by atoms with Crippen molar-refractivity contribution >= 4 is 24.0 Å². The standard InChI is InChI=1S/C21H22N4O4.ClH/c1-27-17-8-16(9-18(10-17)28-2)25-12-15(7-19(25)26)21-23-20(24-29-21)14-5-3-13(11-22)4-6-14;/h3-6,8-10,15H,7,11-12,22H2,1-2H3;1H. The van der Waals surface area contributed by atoms with Gasteiger partial charge in [0.1, 0.15) is 11.5 Å². The molecule has 158 valence electrons. The summed E-state index contributed by atoms with van der Waals surface area (Å²) >= 11 is 0. The molecule has 1 fully saturated rings. The average Bonchev–Trinajstić information content (AvgIpc) is 3.40. The Bertz CT molecular complexity index is 1000. The Labute approximate surface area is 180 Å². The van der Waals surface area contributed by atoms with E-state index in [9.17, 15) is 4.79 Å². The molecule has 0 aliphatic carbocycles. The van der Waals surface area contributed by atoms with Gasteiger partial charge in [0.05, 0.1) is 25.8 Å². The third-order valence-corrected chi connectivity index (χ3v) is 5.01. The van der Waals surface area contributed by atoms with Crippen molar-refractivity contribution < 1.29 is 18.8 Å². The second-order valence-electron chi connectivity index (χ2n) is 6.83. The van der Waals surface area contributed by atoms with Gasteiger partial charge < -0.3 is 24.6 Å². The highest BCUT2D eigenvalue weighted by Gasteiger charge is 2.35. The SMILES string of the molecule is COc1cc(OC)cc(N2CC(c3nc(-c4ccc(CN)cc4)no3)CC2=O)c1.Cl. The lowest BCUT2D eigenvalue weighted by Crippen LogP contribution is -2.24. The van der Waals surface area contributed by atoms with E-state index in [4.69, 9.17) is 19.7 Å². The fourth-order valence-electron chi connectivity index (χ4n) is 3.38. The molecule has 4 rings (SSSR count). The van der Waals surface area contributed by atoms with Crippen molar-refractivity contribution in [1.82, 2.24) is 10.1 Å². The van der Waals surface area contributed by atoms with E-state index >= 15 is 0 Å². The van der Waals surface area contributed by atoms with Gasteiger partial charge in [-0.1, -0.05) is 29.4 Å². The molecule has 2 heterocycles. The van der Waals surface area contributed by atoms with Crippen LogP contribution in [0.4, 0.5) is 5.69 Å². The number of benzene rings is 2. The predicted octanol–water partition coefficient (Wildman–Crippen LogP) is 3.15. The molecule has 30 heavy (non-hydrogen) atoms. The molecule has 1 saturated heterocycles. The summed E-state index contributed by atoms with van der Waals surface area (Å²) in [6.07, 6.45) is 0.299. The van der Waals surface area contributed by atoms with E-state index in [1.807, 2.05) is 24.3 Å². The van der Waals surface area contributed by atoms with Gasteiger partial charge >= 0.3 is 0 Å². The third kappa shape index (κ3) is 4.24. The molecule has 1 aliphatic heterocycles. The molecule has 0 spiro atoms. The molecule has 2 aromatic carbocycles. The van der Waals surface area contributed by atoms with Crippen molar-refractivity contribution in [1.29, 1.82) is 0 Å². The molecule has 0 saturated carbocycles. The molecule has 0 bridgehead atoms. The number of halogens is 1. The predicted molar refractivity (Wildman–Crippen MR) is 114 cm³/mol. The maximum Gasteiger partial charge on any atom is 0.232 e. The maximum atomic E-state index is 12.6. The smallest absolute Gasteiger partial charge is 0.232 e. The van der Waals surface area contributed by atoms with Crippen LogP contribution in [0.25, 0.3) is 11.4 Å². The number of methoxy groups -OCH3 is 2. The zero-order valence-corrected chi connectivity index (χ0v) is 17.5. The first kappa shape index (κ1) is 21.6. The van der Waals surface area contributed by atoms with E-state index in [2.05, 4.69) is 10.1 Å². The van der Waals surface area contributed by atoms with E-state index in [1.165, 1.54) is 0 Å². The van der Waals surface area contributed by atoms with Gasteiger partial charge in [-0.15, -0.1) is 12.4 Å². The first-order valence-corrected chi connectivity index (χ1v) is 9.27. The summed E-state index contributed by atoms with van der Waals surface area (Å²) < 4.78 is 16.1. The highest BCUT2D eigenvalue weighted by atomic mass is 35.5. The topological polar surface area (TPSA) is 104 Å². The lowest BCUT2D eigenvalue weighted by molar-refractivity contribution is -0.117. The van der Waals surface area contributed by atoms with Crippen molar-refractivity contribution in [2.45, 2.75) is 18.9 Å². The summed E-state index contributed by atoms with van der Waals surface area (Å²) in [6, 6.07) is 13.1. The number of hydrogen-bond donors (Lipinski definition) is 1. The number of nitrogens with zero attached hydrogens (tertiary/aromatic N) is 3. The Kier molecular flexibility index (Phi) is 6.59. The van der Waals surface area contributed by atoms with Gasteiger partial charge in [0.2, 0.25) is 17.6 Å². The van der Waals surface area contributed by atoms with E-state index in [0.717, 1.165) is 11.1 Å². The number of aromatic nitrogens is 2. The average molecular weight is 431 g/mol. The third-order valence-electron chi connectivity index (χ3n) is 5.01. The zero-order valence-electron chi connectivity index (χ0n) is 16.7. The Balaban J connectivity index is 0.00000256. The largest absolute Gasteiger partial charge is 0.497 e. The van der Waals surface area contributed by atoms with E-state index in [-0.39, 0.29) is 24.2 Å². The number of ether oxygens (including phenoxy) is 2. The van der Waals surface area contributed by atoms with Gasteiger partial charge in [0.15, 0.2) is 0 Å². The zero-order chi connectivity index (χ0) is 20.4. The molecule has 1 atom stereocenters. The normalized spacial score (nSPS) is 15.8. The monoisotopic (exact) mass is 430 g/mol. The lowest BCUT2D eigenvalue weighted by atomic mass is 10.1. The second kappa shape index (κ2) is 9.15. The van der Waals surface area contributed by atoms with Crippen LogP contribution >= 0.6 is 12.4 Å². The van der Waals surface area contributed by atoms with Gasteiger partial charge in [0, 0.05) is 43.3 Å². The number of anilines is 1. The molecule has 3 aromatic rings. The molecule has 1 aliphatic rings. The van der Waals surface area contributed by atoms with Crippen LogP contribution in [0.5, 0.6) is 11.5 Å². The minimum atomic E-state index is -0.177. The summed E-state index contributed by atoms with van der Waals surface area (Å²) in [5.41, 5.74) is 8.22. The molecule has 1 aromatic heterocycles. The summed E-state index contributed by atoms with van der Waals surface area (Å²) in [5.74, 6) is 2.00. The number of hydrogen-bond acceptors (Lipinski definition) is 7. The van der Waals surface area contributed by atoms with Crippen molar-refractivity contribution in [2.75, 3.05) is 25.7 Å². The molecular weight excluding hydrogens is 408 g/mol. The minimum absolute atomic E-state index is 0. The van der Waals surface area contributed by atoms with Crippen molar-refractivity contribution in [3.05, 3.63) is 53.9 Å². The van der Waals surface area contributed by atoms with Gasteiger partial charge in [-0.25, -0.2) is 0 Å². The quantitative estimate of drug-likeness (QED) is 0.640. The maximum absolute atomic E-state index is 12.6. The summed E-state index contributed by atoms with van der Waals surface area (Å²) in [6.45, 7) is 0.926. The van der Waals surface area contributed by atoms with Crippen LogP contribution in [-0.4, -0.2) is 36.8 Å². The Morgan fingerprint density at radius 1 is 1.13 bits per heavy atom. The molecular formula is C21H23ClN4O4. The summed E-state index contributed by atoms with van der Waals surface area (Å²) in [5, 5.41) is 4.08. The lowest BCUT2D eigenvalue weighted by Gasteiger charge is -2.18. The first-order chi connectivity index (χ1) is 14.1. The molecule has 1 amide bonds. The van der Waals surface area contributed by atoms with Crippen LogP contribution in [0, 0.1) is 0 Å². The number of carbonyl (C=O) groups excluding carboxylic acids is 1. The second-order valence-corrected chi connectivity index (χ2v) is 6.83. The Hall–Kier alpha value is -3.10. The van der Waals surface area contributed by atoms with Gasteiger partial charge in [0.25, 0.3) is 0 Å². The van der Waals surface area contributed by atoms with Gasteiger partial charge in [-0.2, -0.15) is 4.98 Å². The van der Waals surface area contributed by atoms with E-state index in [0.29, 0.717) is 48.4 Å².